The molecule has 0 spiro atoms. The summed E-state index contributed by atoms with van der Waals surface area (Å²) in [4.78, 5) is 0. The summed E-state index contributed by atoms with van der Waals surface area (Å²) in [5, 5.41) is 3.29. The Morgan fingerprint density at radius 1 is 1.35 bits per heavy atom. The first kappa shape index (κ1) is 15.3. The van der Waals surface area contributed by atoms with Gasteiger partial charge in [-0.3, -0.25) is 0 Å². The molecule has 1 aliphatic heterocycles. The van der Waals surface area contributed by atoms with Crippen molar-refractivity contribution in [2.75, 3.05) is 25.7 Å². The lowest BCUT2D eigenvalue weighted by Crippen LogP contribution is -2.27. The van der Waals surface area contributed by atoms with Crippen molar-refractivity contribution in [1.29, 1.82) is 0 Å². The van der Waals surface area contributed by atoms with Gasteiger partial charge in [-0.1, -0.05) is 6.07 Å². The third-order valence-corrected chi connectivity index (χ3v) is 5.87. The fourth-order valence-corrected chi connectivity index (χ4v) is 5.05. The van der Waals surface area contributed by atoms with Crippen LogP contribution in [-0.4, -0.2) is 34.1 Å². The van der Waals surface area contributed by atoms with Crippen molar-refractivity contribution >= 4 is 9.84 Å². The lowest BCUT2D eigenvalue weighted by Gasteiger charge is -2.26. The van der Waals surface area contributed by atoms with E-state index < -0.39 is 9.84 Å². The Labute approximate surface area is 121 Å². The number of aryl methyl sites for hydroxylation is 2. The lowest BCUT2D eigenvalue weighted by atomic mass is 9.88. The van der Waals surface area contributed by atoms with Gasteiger partial charge >= 0.3 is 0 Å². The summed E-state index contributed by atoms with van der Waals surface area (Å²) in [6, 6.07) is 4.14. The molecule has 1 aromatic carbocycles. The molecule has 2 unspecified atom stereocenters. The zero-order valence-corrected chi connectivity index (χ0v) is 13.4. The topological polar surface area (TPSA) is 55.4 Å². The second kappa shape index (κ2) is 5.74. The first-order chi connectivity index (χ1) is 9.38. The van der Waals surface area contributed by atoms with Gasteiger partial charge in [0.15, 0.2) is 9.84 Å². The largest absolute Gasteiger partial charge is 0.496 e. The van der Waals surface area contributed by atoms with Gasteiger partial charge in [-0.25, -0.2) is 8.42 Å². The molecule has 0 bridgehead atoms. The summed E-state index contributed by atoms with van der Waals surface area (Å²) >= 11 is 0. The molecular weight excluding hydrogens is 274 g/mol. The van der Waals surface area contributed by atoms with Gasteiger partial charge in [0.1, 0.15) is 5.75 Å². The Hall–Kier alpha value is -1.07. The number of benzene rings is 1. The van der Waals surface area contributed by atoms with Gasteiger partial charge in [0, 0.05) is 11.6 Å². The summed E-state index contributed by atoms with van der Waals surface area (Å²) in [6.07, 6.45) is 0.713. The van der Waals surface area contributed by atoms with Crippen LogP contribution in [0.2, 0.25) is 0 Å². The quantitative estimate of drug-likeness (QED) is 0.923. The van der Waals surface area contributed by atoms with Crippen LogP contribution < -0.4 is 10.1 Å². The Morgan fingerprint density at radius 2 is 2.05 bits per heavy atom. The zero-order chi connectivity index (χ0) is 14.9. The molecule has 2 atom stereocenters. The molecule has 112 valence electrons. The molecule has 1 saturated heterocycles. The molecule has 0 radical (unpaired) electrons. The third kappa shape index (κ3) is 2.99. The summed E-state index contributed by atoms with van der Waals surface area (Å²) < 4.78 is 29.0. The average molecular weight is 297 g/mol. The fourth-order valence-electron chi connectivity index (χ4n) is 3.21. The Bertz CT molecular complexity index is 595. The Morgan fingerprint density at radius 3 is 2.55 bits per heavy atom. The summed E-state index contributed by atoms with van der Waals surface area (Å²) in [7, 11) is 0.666. The maximum atomic E-state index is 11.7. The van der Waals surface area contributed by atoms with Crippen LogP contribution in [0.15, 0.2) is 12.1 Å². The number of nitrogens with one attached hydrogen (secondary N) is 1. The van der Waals surface area contributed by atoms with Crippen molar-refractivity contribution in [2.24, 2.45) is 5.92 Å². The van der Waals surface area contributed by atoms with E-state index in [1.165, 1.54) is 0 Å². The minimum absolute atomic E-state index is 0.0165. The van der Waals surface area contributed by atoms with Crippen molar-refractivity contribution in [2.45, 2.75) is 26.3 Å². The van der Waals surface area contributed by atoms with Crippen molar-refractivity contribution in [3.63, 3.8) is 0 Å². The highest BCUT2D eigenvalue weighted by Gasteiger charge is 2.35. The van der Waals surface area contributed by atoms with Gasteiger partial charge in [0.25, 0.3) is 0 Å². The molecule has 1 heterocycles. The van der Waals surface area contributed by atoms with Crippen LogP contribution in [0, 0.1) is 19.8 Å². The number of ether oxygens (including phenoxy) is 1. The molecule has 20 heavy (non-hydrogen) atoms. The summed E-state index contributed by atoms with van der Waals surface area (Å²) in [5.41, 5.74) is 3.38. The van der Waals surface area contributed by atoms with Crippen molar-refractivity contribution in [3.05, 3.63) is 28.8 Å². The Kier molecular flexibility index (Phi) is 4.39. The predicted octanol–water partition coefficient (Wildman–Crippen LogP) is 2.01. The third-order valence-electron chi connectivity index (χ3n) is 4.07. The number of methoxy groups -OCH3 is 1. The van der Waals surface area contributed by atoms with E-state index in [2.05, 4.69) is 18.3 Å². The molecule has 1 aromatic rings. The van der Waals surface area contributed by atoms with Crippen LogP contribution in [-0.2, 0) is 9.84 Å². The molecule has 2 rings (SSSR count). The molecule has 1 aliphatic rings. The zero-order valence-electron chi connectivity index (χ0n) is 12.6. The minimum Gasteiger partial charge on any atom is -0.496 e. The molecular formula is C15H23NO3S. The van der Waals surface area contributed by atoms with E-state index in [1.807, 2.05) is 20.0 Å². The van der Waals surface area contributed by atoms with Crippen LogP contribution in [0.3, 0.4) is 0 Å². The van der Waals surface area contributed by atoms with Crippen LogP contribution in [0.1, 0.15) is 29.2 Å². The van der Waals surface area contributed by atoms with Gasteiger partial charge in [-0.05, 0) is 50.4 Å². The molecule has 0 aromatic heterocycles. The van der Waals surface area contributed by atoms with Gasteiger partial charge in [0.2, 0.25) is 0 Å². The first-order valence-corrected chi connectivity index (χ1v) is 8.73. The highest BCUT2D eigenvalue weighted by atomic mass is 32.2. The van der Waals surface area contributed by atoms with Crippen LogP contribution in [0.25, 0.3) is 0 Å². The van der Waals surface area contributed by atoms with Crippen LogP contribution in [0.5, 0.6) is 5.75 Å². The summed E-state index contributed by atoms with van der Waals surface area (Å²) in [6.45, 7) is 4.09. The number of sulfone groups is 1. The van der Waals surface area contributed by atoms with E-state index in [0.29, 0.717) is 12.2 Å². The van der Waals surface area contributed by atoms with Crippen LogP contribution >= 0.6 is 0 Å². The van der Waals surface area contributed by atoms with Crippen molar-refractivity contribution in [3.8, 4) is 5.75 Å². The summed E-state index contributed by atoms with van der Waals surface area (Å²) in [5.74, 6) is 1.50. The number of hydrogen-bond acceptors (Lipinski definition) is 4. The molecule has 0 saturated carbocycles. The maximum Gasteiger partial charge on any atom is 0.150 e. The first-order valence-electron chi connectivity index (χ1n) is 6.90. The van der Waals surface area contributed by atoms with E-state index in [0.717, 1.165) is 22.4 Å². The monoisotopic (exact) mass is 297 g/mol. The van der Waals surface area contributed by atoms with E-state index in [9.17, 15) is 8.42 Å². The minimum atomic E-state index is -2.88. The second-order valence-electron chi connectivity index (χ2n) is 5.63. The van der Waals surface area contributed by atoms with E-state index in [-0.39, 0.29) is 17.7 Å². The smallest absolute Gasteiger partial charge is 0.150 e. The van der Waals surface area contributed by atoms with E-state index in [4.69, 9.17) is 4.74 Å². The number of rotatable bonds is 4. The number of hydrogen-bond donors (Lipinski definition) is 1. The fraction of sp³-hybridized carbons (Fsp3) is 0.600. The van der Waals surface area contributed by atoms with Gasteiger partial charge in [-0.2, -0.15) is 0 Å². The molecule has 4 nitrogen and oxygen atoms in total. The van der Waals surface area contributed by atoms with E-state index >= 15 is 0 Å². The molecule has 1 N–H and O–H groups in total. The van der Waals surface area contributed by atoms with Gasteiger partial charge < -0.3 is 10.1 Å². The van der Waals surface area contributed by atoms with Crippen LogP contribution in [0.4, 0.5) is 0 Å². The van der Waals surface area contributed by atoms with Crippen molar-refractivity contribution in [1.82, 2.24) is 5.32 Å². The maximum absolute atomic E-state index is 11.7. The molecule has 0 amide bonds. The second-order valence-corrected chi connectivity index (χ2v) is 7.86. The molecule has 1 fully saturated rings. The predicted molar refractivity (Wildman–Crippen MR) is 81.0 cm³/mol. The standard InChI is InChI=1S/C15H23NO3S/c1-10-7-11(2)14(13(8-10)19-4)15(16-3)12-5-6-20(17,18)9-12/h7-8,12,15-16H,5-6,9H2,1-4H3. The highest BCUT2D eigenvalue weighted by molar-refractivity contribution is 7.91. The SMILES string of the molecule is CNC(c1c(C)cc(C)cc1OC)C1CCS(=O)(=O)C1. The van der Waals surface area contributed by atoms with E-state index in [1.54, 1.807) is 7.11 Å². The molecule has 0 aliphatic carbocycles. The lowest BCUT2D eigenvalue weighted by molar-refractivity contribution is 0.371. The van der Waals surface area contributed by atoms with Crippen molar-refractivity contribution < 1.29 is 13.2 Å². The normalized spacial score (nSPS) is 22.7. The molecule has 5 heteroatoms. The average Bonchev–Trinajstić information content (AvgIpc) is 2.72. The highest BCUT2D eigenvalue weighted by Crippen LogP contribution is 2.38. The Balaban J connectivity index is 2.42. The van der Waals surface area contributed by atoms with Gasteiger partial charge in [0.05, 0.1) is 18.6 Å². The van der Waals surface area contributed by atoms with Gasteiger partial charge in [-0.15, -0.1) is 0 Å².